The van der Waals surface area contributed by atoms with Crippen LogP contribution >= 0.6 is 15.9 Å². The molecule has 142 valence electrons. The molecule has 0 bridgehead atoms. The quantitative estimate of drug-likeness (QED) is 0.692. The number of rotatable bonds is 5. The summed E-state index contributed by atoms with van der Waals surface area (Å²) >= 11 is 3.31. The first kappa shape index (κ1) is 20.4. The number of carbonyl (C=O) groups excluding carboxylic acids is 3. The predicted molar refractivity (Wildman–Crippen MR) is 98.4 cm³/mol. The van der Waals surface area contributed by atoms with Crippen LogP contribution < -0.4 is 5.32 Å². The van der Waals surface area contributed by atoms with Gasteiger partial charge < -0.3 is 20.1 Å². The zero-order chi connectivity index (χ0) is 19.4. The summed E-state index contributed by atoms with van der Waals surface area (Å²) in [5.41, 5.74) is 0.428. The minimum atomic E-state index is -0.840. The van der Waals surface area contributed by atoms with Crippen LogP contribution in [0.3, 0.4) is 0 Å². The number of hydrogen-bond donors (Lipinski definition) is 2. The number of hydrogen-bond acceptors (Lipinski definition) is 5. The lowest BCUT2D eigenvalue weighted by molar-refractivity contribution is -0.151. The molecule has 0 radical (unpaired) electrons. The molecule has 2 N–H and O–H groups in total. The number of β-amino-alcohol motifs (C(OH)–C–C–N with tert-alkyl or cyclic N) is 1. The van der Waals surface area contributed by atoms with E-state index in [2.05, 4.69) is 21.2 Å². The van der Waals surface area contributed by atoms with E-state index >= 15 is 0 Å². The number of methoxy groups -OCH3 is 1. The van der Waals surface area contributed by atoms with Gasteiger partial charge in [0, 0.05) is 23.0 Å². The molecule has 26 heavy (non-hydrogen) atoms. The smallest absolute Gasteiger partial charge is 0.328 e. The maximum Gasteiger partial charge on any atom is 0.328 e. The first-order chi connectivity index (χ1) is 12.2. The van der Waals surface area contributed by atoms with E-state index in [1.807, 2.05) is 13.8 Å². The summed E-state index contributed by atoms with van der Waals surface area (Å²) in [6.07, 6.45) is -0.665. The number of amides is 2. The molecule has 1 aromatic rings. The van der Waals surface area contributed by atoms with Gasteiger partial charge in [-0.2, -0.15) is 0 Å². The van der Waals surface area contributed by atoms with Crippen LogP contribution in [0.15, 0.2) is 28.7 Å². The fourth-order valence-corrected chi connectivity index (χ4v) is 3.20. The van der Waals surface area contributed by atoms with Crippen molar-refractivity contribution in [3.8, 4) is 0 Å². The monoisotopic (exact) mass is 426 g/mol. The Morgan fingerprint density at radius 2 is 1.88 bits per heavy atom. The van der Waals surface area contributed by atoms with Crippen molar-refractivity contribution < 1.29 is 24.2 Å². The van der Waals surface area contributed by atoms with Gasteiger partial charge in [-0.25, -0.2) is 4.79 Å². The summed E-state index contributed by atoms with van der Waals surface area (Å²) in [5, 5.41) is 12.6. The van der Waals surface area contributed by atoms with E-state index in [9.17, 15) is 19.5 Å². The number of halogens is 1. The van der Waals surface area contributed by atoms with Gasteiger partial charge in [-0.15, -0.1) is 0 Å². The van der Waals surface area contributed by atoms with Crippen LogP contribution in [0, 0.1) is 5.92 Å². The summed E-state index contributed by atoms with van der Waals surface area (Å²) in [6, 6.07) is 5.13. The van der Waals surface area contributed by atoms with Crippen molar-refractivity contribution in [2.24, 2.45) is 5.92 Å². The van der Waals surface area contributed by atoms with Gasteiger partial charge in [0.1, 0.15) is 12.1 Å². The number of aliphatic hydroxyl groups is 1. The number of benzene rings is 1. The van der Waals surface area contributed by atoms with Gasteiger partial charge in [-0.3, -0.25) is 9.59 Å². The van der Waals surface area contributed by atoms with Crippen molar-refractivity contribution in [1.82, 2.24) is 10.2 Å². The van der Waals surface area contributed by atoms with Gasteiger partial charge in [0.05, 0.1) is 13.2 Å². The first-order valence-electron chi connectivity index (χ1n) is 8.37. The topological polar surface area (TPSA) is 95.9 Å². The van der Waals surface area contributed by atoms with E-state index in [1.165, 1.54) is 12.0 Å². The molecule has 1 aliphatic heterocycles. The summed E-state index contributed by atoms with van der Waals surface area (Å²) < 4.78 is 5.57. The summed E-state index contributed by atoms with van der Waals surface area (Å²) in [7, 11) is 1.24. The Labute approximate surface area is 160 Å². The fraction of sp³-hybridized carbons (Fsp3) is 0.500. The number of likely N-dealkylation sites (tertiary alicyclic amines) is 1. The Bertz CT molecular complexity index is 677. The molecule has 1 fully saturated rings. The van der Waals surface area contributed by atoms with Crippen LogP contribution in [0.2, 0.25) is 0 Å². The molecule has 3 atom stereocenters. The second-order valence-corrected chi connectivity index (χ2v) is 7.54. The van der Waals surface area contributed by atoms with E-state index in [0.29, 0.717) is 5.56 Å². The molecule has 0 spiro atoms. The molecular formula is C18H23BrN2O5. The average Bonchev–Trinajstić information content (AvgIpc) is 3.00. The SMILES string of the molecule is COC(=O)[C@@H]1C[C@@H](O)CN1C(=O)[C@@H](NC(=O)c1ccc(Br)cc1)C(C)C. The van der Waals surface area contributed by atoms with Crippen molar-refractivity contribution >= 4 is 33.7 Å². The van der Waals surface area contributed by atoms with Gasteiger partial charge in [0.2, 0.25) is 5.91 Å². The number of ether oxygens (including phenoxy) is 1. The van der Waals surface area contributed by atoms with E-state index < -0.39 is 30.1 Å². The summed E-state index contributed by atoms with van der Waals surface area (Å²) in [4.78, 5) is 38.7. The van der Waals surface area contributed by atoms with Crippen molar-refractivity contribution in [3.05, 3.63) is 34.3 Å². The highest BCUT2D eigenvalue weighted by molar-refractivity contribution is 9.10. The minimum absolute atomic E-state index is 0.0377. The fourth-order valence-electron chi connectivity index (χ4n) is 2.93. The lowest BCUT2D eigenvalue weighted by atomic mass is 10.0. The molecule has 2 rings (SSSR count). The number of nitrogens with zero attached hydrogens (tertiary/aromatic N) is 1. The molecule has 0 unspecified atom stereocenters. The standard InChI is InChI=1S/C18H23BrN2O5/c1-10(2)15(20-16(23)11-4-6-12(19)7-5-11)17(24)21-9-13(22)8-14(21)18(25)26-3/h4-7,10,13-15,22H,8-9H2,1-3H3,(H,20,23)/t13-,14+,15+/m1/s1. The Hall–Kier alpha value is -1.93. The largest absolute Gasteiger partial charge is 0.467 e. The predicted octanol–water partition coefficient (Wildman–Crippen LogP) is 1.34. The van der Waals surface area contributed by atoms with Crippen LogP contribution in [-0.4, -0.2) is 59.6 Å². The van der Waals surface area contributed by atoms with Gasteiger partial charge in [-0.05, 0) is 30.2 Å². The first-order valence-corrected chi connectivity index (χ1v) is 9.16. The number of nitrogens with one attached hydrogen (secondary N) is 1. The lowest BCUT2D eigenvalue weighted by Crippen LogP contribution is -2.54. The van der Waals surface area contributed by atoms with Crippen molar-refractivity contribution in [2.75, 3.05) is 13.7 Å². The van der Waals surface area contributed by atoms with Crippen LogP contribution in [0.1, 0.15) is 30.6 Å². The van der Waals surface area contributed by atoms with Crippen LogP contribution in [-0.2, 0) is 14.3 Å². The Kier molecular flexibility index (Phi) is 6.77. The molecule has 2 amide bonds. The average molecular weight is 427 g/mol. The molecule has 8 heteroatoms. The molecule has 0 saturated carbocycles. The number of esters is 1. The second-order valence-electron chi connectivity index (χ2n) is 6.62. The second kappa shape index (κ2) is 8.64. The highest BCUT2D eigenvalue weighted by Gasteiger charge is 2.42. The van der Waals surface area contributed by atoms with Crippen LogP contribution in [0.5, 0.6) is 0 Å². The third kappa shape index (κ3) is 4.62. The van der Waals surface area contributed by atoms with Crippen molar-refractivity contribution in [2.45, 2.75) is 38.5 Å². The van der Waals surface area contributed by atoms with Crippen molar-refractivity contribution in [3.63, 3.8) is 0 Å². The van der Waals surface area contributed by atoms with Gasteiger partial charge >= 0.3 is 5.97 Å². The maximum atomic E-state index is 13.0. The summed E-state index contributed by atoms with van der Waals surface area (Å²) in [5.74, 6) is -1.55. The van der Waals surface area contributed by atoms with E-state index in [4.69, 9.17) is 4.74 Å². The van der Waals surface area contributed by atoms with Gasteiger partial charge in [0.25, 0.3) is 5.91 Å². The van der Waals surface area contributed by atoms with Crippen LogP contribution in [0.25, 0.3) is 0 Å². The number of carbonyl (C=O) groups is 3. The Balaban J connectivity index is 2.17. The number of aliphatic hydroxyl groups excluding tert-OH is 1. The molecule has 1 saturated heterocycles. The highest BCUT2D eigenvalue weighted by Crippen LogP contribution is 2.22. The van der Waals surface area contributed by atoms with Gasteiger partial charge in [0.15, 0.2) is 0 Å². The Morgan fingerprint density at radius 1 is 1.27 bits per heavy atom. The molecule has 0 aliphatic carbocycles. The van der Waals surface area contributed by atoms with Crippen molar-refractivity contribution in [1.29, 1.82) is 0 Å². The van der Waals surface area contributed by atoms with E-state index in [0.717, 1.165) is 4.47 Å². The molecule has 0 aromatic heterocycles. The molecular weight excluding hydrogens is 404 g/mol. The minimum Gasteiger partial charge on any atom is -0.467 e. The molecule has 1 heterocycles. The lowest BCUT2D eigenvalue weighted by Gasteiger charge is -2.29. The third-order valence-electron chi connectivity index (χ3n) is 4.36. The Morgan fingerprint density at radius 3 is 2.42 bits per heavy atom. The normalized spacial score (nSPS) is 20.8. The zero-order valence-electron chi connectivity index (χ0n) is 14.9. The van der Waals surface area contributed by atoms with E-state index in [1.54, 1.807) is 24.3 Å². The molecule has 1 aliphatic rings. The molecule has 1 aromatic carbocycles. The van der Waals surface area contributed by atoms with E-state index in [-0.39, 0.29) is 24.8 Å². The van der Waals surface area contributed by atoms with Crippen LogP contribution in [0.4, 0.5) is 0 Å². The summed E-state index contributed by atoms with van der Waals surface area (Å²) in [6.45, 7) is 3.66. The molecule has 7 nitrogen and oxygen atoms in total. The third-order valence-corrected chi connectivity index (χ3v) is 4.89. The van der Waals surface area contributed by atoms with Gasteiger partial charge in [-0.1, -0.05) is 29.8 Å². The zero-order valence-corrected chi connectivity index (χ0v) is 16.5. The highest BCUT2D eigenvalue weighted by atomic mass is 79.9. The maximum absolute atomic E-state index is 13.0.